The number of aliphatic hydroxyl groups excluding tert-OH is 1. The average Bonchev–Trinajstić information content (AvgIpc) is 3.58. The van der Waals surface area contributed by atoms with E-state index >= 15 is 0 Å². The van der Waals surface area contributed by atoms with Gasteiger partial charge in [-0.05, 0) is 38.4 Å². The quantitative estimate of drug-likeness (QED) is 0.255. The van der Waals surface area contributed by atoms with Gasteiger partial charge in [0.15, 0.2) is 5.54 Å². The smallest absolute Gasteiger partial charge is 0.332 e. The van der Waals surface area contributed by atoms with Gasteiger partial charge in [-0.15, -0.1) is 35.3 Å². The van der Waals surface area contributed by atoms with Gasteiger partial charge in [0, 0.05) is 45.8 Å². The van der Waals surface area contributed by atoms with E-state index in [1.807, 2.05) is 38.7 Å². The van der Waals surface area contributed by atoms with Gasteiger partial charge in [0.1, 0.15) is 10.8 Å². The molecule has 0 spiro atoms. The zero-order chi connectivity index (χ0) is 27.0. The average molecular weight is 622 g/mol. The molecular weight excluding hydrogens is 582 g/mol. The molecule has 3 N–H and O–H groups in total. The van der Waals surface area contributed by atoms with Gasteiger partial charge in [-0.3, -0.25) is 14.9 Å². The van der Waals surface area contributed by atoms with Crippen LogP contribution in [0.5, 0.6) is 5.75 Å². The van der Waals surface area contributed by atoms with Crippen molar-refractivity contribution >= 4 is 51.3 Å². The van der Waals surface area contributed by atoms with Crippen molar-refractivity contribution < 1.29 is 37.2 Å². The number of phenols is 1. The minimum absolute atomic E-state index is 0. The molecule has 3 aliphatic heterocycles. The van der Waals surface area contributed by atoms with E-state index in [-0.39, 0.29) is 34.5 Å². The van der Waals surface area contributed by atoms with Gasteiger partial charge in [-0.25, -0.2) is 4.79 Å². The number of carboxylic acids is 1. The van der Waals surface area contributed by atoms with Crippen molar-refractivity contribution in [3.63, 3.8) is 0 Å². The normalized spacial score (nSPS) is 28.6. The Morgan fingerprint density at radius 2 is 2.00 bits per heavy atom. The molecule has 3 heterocycles. The summed E-state index contributed by atoms with van der Waals surface area (Å²) in [6.07, 6.45) is 3.66. The zero-order valence-corrected chi connectivity index (χ0v) is 26.2. The van der Waals surface area contributed by atoms with Crippen LogP contribution in [0.3, 0.4) is 0 Å². The second-order valence-electron chi connectivity index (χ2n) is 11.0. The first-order chi connectivity index (χ1) is 17.5. The van der Waals surface area contributed by atoms with Crippen LogP contribution in [0.1, 0.15) is 58.1 Å². The number of aliphatic hydroxyl groups is 1. The molecule has 5 atom stereocenters. The second kappa shape index (κ2) is 12.9. The molecule has 3 aliphatic rings. The monoisotopic (exact) mass is 621 g/mol. The first-order valence-electron chi connectivity index (χ1n) is 13.0. The van der Waals surface area contributed by atoms with Crippen LogP contribution in [-0.2, 0) is 28.3 Å². The van der Waals surface area contributed by atoms with E-state index in [1.54, 1.807) is 24.8 Å². The van der Waals surface area contributed by atoms with Crippen LogP contribution in [0.2, 0.25) is 0 Å². The molecule has 1 fully saturated rings. The predicted octanol–water partition coefficient (Wildman–Crippen LogP) is 4.73. The summed E-state index contributed by atoms with van der Waals surface area (Å²) < 4.78 is 0. The molecule has 0 radical (unpaired) electrons. The number of unbranched alkanes of at least 4 members (excludes halogenated alkanes) is 2. The van der Waals surface area contributed by atoms with Crippen molar-refractivity contribution in [3.05, 3.63) is 29.3 Å². The van der Waals surface area contributed by atoms with Gasteiger partial charge in [-0.2, -0.15) is 0 Å². The summed E-state index contributed by atoms with van der Waals surface area (Å²) in [7, 11) is 2.05. The zero-order valence-electron chi connectivity index (χ0n) is 22.7. The Bertz CT molecular complexity index is 1090. The molecule has 0 amide bonds. The summed E-state index contributed by atoms with van der Waals surface area (Å²) in [6.45, 7) is 7.75. The summed E-state index contributed by atoms with van der Waals surface area (Å²) in [6, 6.07) is 5.73. The largest absolute Gasteiger partial charge is 0.507 e. The van der Waals surface area contributed by atoms with Crippen molar-refractivity contribution in [1.29, 1.82) is 0 Å². The first kappa shape index (κ1) is 31.8. The van der Waals surface area contributed by atoms with Crippen LogP contribution in [0.4, 0.5) is 0 Å². The number of aryl methyl sites for hydroxylation is 1. The molecule has 11 heteroatoms. The topological polar surface area (TPSA) is 106 Å². The van der Waals surface area contributed by atoms with E-state index in [0.717, 1.165) is 46.9 Å². The van der Waals surface area contributed by atoms with Crippen LogP contribution >= 0.6 is 35.3 Å². The molecule has 38 heavy (non-hydrogen) atoms. The fourth-order valence-electron chi connectivity index (χ4n) is 5.14. The van der Waals surface area contributed by atoms with Crippen molar-refractivity contribution in [2.24, 2.45) is 15.4 Å². The van der Waals surface area contributed by atoms with Gasteiger partial charge in [0.2, 0.25) is 0 Å². The molecule has 0 unspecified atom stereocenters. The SMILES string of the molecule is CCCCCc1cccc(O)c1C1=N[C@@H]([C@H]2SC[C@@H]([C@@H](O)C(C)(C)C3=N[C@@](C)(C(=O)O)CS3)N2C)CS1.[Fe]. The maximum absolute atomic E-state index is 11.7. The number of rotatable bonds is 10. The number of phenolic OH excluding ortho intramolecular Hbond substituents is 1. The number of nitrogens with zero attached hydrogens (tertiary/aromatic N) is 3. The van der Waals surface area contributed by atoms with Gasteiger partial charge in [-0.1, -0.05) is 45.7 Å². The Kier molecular flexibility index (Phi) is 10.8. The Morgan fingerprint density at radius 1 is 1.26 bits per heavy atom. The summed E-state index contributed by atoms with van der Waals surface area (Å²) in [4.78, 5) is 23.5. The van der Waals surface area contributed by atoms with Gasteiger partial charge in [0.25, 0.3) is 0 Å². The number of aliphatic imine (C=N–C) groups is 2. The maximum atomic E-state index is 11.7. The fourth-order valence-corrected chi connectivity index (χ4v) is 9.39. The van der Waals surface area contributed by atoms with Crippen molar-refractivity contribution in [2.45, 2.75) is 82.5 Å². The molecule has 7 nitrogen and oxygen atoms in total. The summed E-state index contributed by atoms with van der Waals surface area (Å²) in [5, 5.41) is 33.5. The number of likely N-dealkylation sites (N-methyl/N-ethyl adjacent to an activating group) is 1. The minimum Gasteiger partial charge on any atom is -0.507 e. The Morgan fingerprint density at radius 3 is 2.66 bits per heavy atom. The second-order valence-corrected chi connectivity index (χ2v) is 14.1. The summed E-state index contributed by atoms with van der Waals surface area (Å²) in [5.41, 5.74) is 0.243. The summed E-state index contributed by atoms with van der Waals surface area (Å²) in [5.74, 6) is 1.36. The molecular formula is C27H39FeN3O4S3. The van der Waals surface area contributed by atoms with E-state index in [0.29, 0.717) is 16.5 Å². The van der Waals surface area contributed by atoms with E-state index < -0.39 is 23.0 Å². The third kappa shape index (κ3) is 6.29. The Balaban J connectivity index is 0.00000400. The molecule has 0 aliphatic carbocycles. The number of aromatic hydroxyl groups is 1. The molecule has 0 saturated carbocycles. The molecule has 1 aromatic rings. The van der Waals surface area contributed by atoms with E-state index in [1.165, 1.54) is 18.2 Å². The molecule has 0 bridgehead atoms. The van der Waals surface area contributed by atoms with Gasteiger partial charge < -0.3 is 15.3 Å². The number of hydrogen-bond acceptors (Lipinski definition) is 9. The van der Waals surface area contributed by atoms with Crippen molar-refractivity contribution in [2.75, 3.05) is 24.3 Å². The van der Waals surface area contributed by atoms with E-state index in [9.17, 15) is 20.1 Å². The van der Waals surface area contributed by atoms with Crippen molar-refractivity contribution in [1.82, 2.24) is 4.90 Å². The number of carboxylic acid groups (broad SMARTS) is 1. The summed E-state index contributed by atoms with van der Waals surface area (Å²) >= 11 is 4.96. The van der Waals surface area contributed by atoms with Crippen LogP contribution < -0.4 is 0 Å². The van der Waals surface area contributed by atoms with Gasteiger partial charge in [0.05, 0.1) is 28.1 Å². The number of hydrogen-bond donors (Lipinski definition) is 3. The molecule has 0 aromatic heterocycles. The number of benzene rings is 1. The number of aliphatic carboxylic acids is 1. The third-order valence-electron chi connectivity index (χ3n) is 7.71. The predicted molar refractivity (Wildman–Crippen MR) is 158 cm³/mol. The van der Waals surface area contributed by atoms with Crippen LogP contribution in [0.25, 0.3) is 0 Å². The molecule has 212 valence electrons. The fraction of sp³-hybridized carbons (Fsp3) is 0.667. The maximum Gasteiger partial charge on any atom is 0.332 e. The van der Waals surface area contributed by atoms with Crippen LogP contribution in [0.15, 0.2) is 28.2 Å². The number of carbonyl (C=O) groups is 1. The van der Waals surface area contributed by atoms with Crippen LogP contribution in [-0.4, -0.2) is 89.7 Å². The molecule has 1 aromatic carbocycles. The van der Waals surface area contributed by atoms with E-state index in [2.05, 4.69) is 22.9 Å². The minimum atomic E-state index is -1.14. The third-order valence-corrected chi connectivity index (χ3v) is 11.9. The van der Waals surface area contributed by atoms with E-state index in [4.69, 9.17) is 4.99 Å². The standard InChI is InChI=1S/C27H39N3O4S3.Fe/c1-6-7-8-10-16-11-9-12-19(31)20(16)22-28-17(13-35-22)23-30(5)18(14-36-23)21(32)26(2,3)24-29-27(4,15-37-24)25(33)34;/h9,11-12,17-18,21,23,31-32H,6-8,10,13-15H2,1-5H3,(H,33,34);/t17-,18+,21-,23-,27-;/m1./s1. The van der Waals surface area contributed by atoms with Crippen LogP contribution in [0, 0.1) is 5.41 Å². The van der Waals surface area contributed by atoms with Gasteiger partial charge >= 0.3 is 5.97 Å². The number of thioether (sulfide) groups is 3. The first-order valence-corrected chi connectivity index (χ1v) is 16.0. The molecule has 4 rings (SSSR count). The Labute approximate surface area is 249 Å². The molecule has 1 saturated heterocycles. The Hall–Kier alpha value is -0.681. The van der Waals surface area contributed by atoms with Crippen molar-refractivity contribution in [3.8, 4) is 5.75 Å².